The number of fused-ring (bicyclic) bond motifs is 4. The molecule has 1 aromatic heterocycles. The summed E-state index contributed by atoms with van der Waals surface area (Å²) in [4.78, 5) is 49.8. The number of hydrogen-bond acceptors (Lipinski definition) is 4. The quantitative estimate of drug-likeness (QED) is 0.697. The Labute approximate surface area is 192 Å². The predicted molar refractivity (Wildman–Crippen MR) is 123 cm³/mol. The summed E-state index contributed by atoms with van der Waals surface area (Å²) in [5.41, 5.74) is 1.49. The number of nitrogens with one attached hydrogen (secondary N) is 2. The summed E-state index contributed by atoms with van der Waals surface area (Å²) in [7, 11) is 0. The van der Waals surface area contributed by atoms with Crippen molar-refractivity contribution in [1.29, 1.82) is 0 Å². The van der Waals surface area contributed by atoms with Crippen molar-refractivity contribution >= 4 is 23.4 Å². The van der Waals surface area contributed by atoms with E-state index in [9.17, 15) is 14.4 Å². The third-order valence-electron chi connectivity index (χ3n) is 7.97. The van der Waals surface area contributed by atoms with Gasteiger partial charge in [-0.2, -0.15) is 0 Å². The molecule has 0 radical (unpaired) electrons. The maximum Gasteiger partial charge on any atom is 0.255 e. The Morgan fingerprint density at radius 1 is 1.03 bits per heavy atom. The van der Waals surface area contributed by atoms with Crippen LogP contribution in [0.5, 0.6) is 0 Å². The van der Waals surface area contributed by atoms with E-state index in [2.05, 4.69) is 15.2 Å². The molecule has 3 saturated heterocycles. The van der Waals surface area contributed by atoms with Crippen LogP contribution in [-0.4, -0.2) is 71.3 Å². The molecule has 8 heteroatoms. The highest BCUT2D eigenvalue weighted by molar-refractivity contribution is 6.11. The minimum atomic E-state index is -0.934. The first kappa shape index (κ1) is 20.5. The SMILES string of the molecule is O=C1NCCCN(C(=O)c2cc[nH]c2)CCN2C(=O)[C@@]3(c4ccccc42)[C@H]1C[C@@H]1CCCN13. The molecule has 3 atom stereocenters. The summed E-state index contributed by atoms with van der Waals surface area (Å²) in [6.07, 6.45) is 6.91. The third kappa shape index (κ3) is 2.89. The van der Waals surface area contributed by atoms with Crippen molar-refractivity contribution in [2.24, 2.45) is 5.92 Å². The van der Waals surface area contributed by atoms with E-state index in [1.807, 2.05) is 29.2 Å². The summed E-state index contributed by atoms with van der Waals surface area (Å²) >= 11 is 0. The molecule has 0 unspecified atom stereocenters. The molecule has 3 fully saturated rings. The number of nitrogens with zero attached hydrogens (tertiary/aromatic N) is 3. The first-order valence-electron chi connectivity index (χ1n) is 12.0. The maximum atomic E-state index is 14.3. The van der Waals surface area contributed by atoms with Crippen molar-refractivity contribution in [1.82, 2.24) is 20.1 Å². The lowest BCUT2D eigenvalue weighted by Crippen LogP contribution is -2.57. The Morgan fingerprint density at radius 2 is 1.91 bits per heavy atom. The largest absolute Gasteiger partial charge is 0.367 e. The van der Waals surface area contributed by atoms with E-state index in [-0.39, 0.29) is 23.8 Å². The van der Waals surface area contributed by atoms with E-state index in [1.165, 1.54) is 0 Å². The minimum Gasteiger partial charge on any atom is -0.367 e. The number of carbonyl (C=O) groups is 3. The molecule has 0 aliphatic carbocycles. The van der Waals surface area contributed by atoms with Gasteiger partial charge in [0.15, 0.2) is 0 Å². The second-order valence-corrected chi connectivity index (χ2v) is 9.55. The van der Waals surface area contributed by atoms with Crippen LogP contribution in [0.15, 0.2) is 42.7 Å². The fourth-order valence-electron chi connectivity index (χ4n) is 6.56. The van der Waals surface area contributed by atoms with Gasteiger partial charge < -0.3 is 20.1 Å². The summed E-state index contributed by atoms with van der Waals surface area (Å²) in [6.45, 7) is 2.72. The standard InChI is InChI=1S/C25H29N5O3/c31-22-20-15-18-5-3-12-30(18)25(20)19-6-1-2-7-21(19)29(24(25)33)14-13-28(11-4-9-27-22)23(32)17-8-10-26-16-17/h1-2,6-8,10,16,18,20,26H,3-5,9,11-15H2,(H,27,31)/t18-,20-,25+/m0/s1. The Balaban J connectivity index is 1.42. The van der Waals surface area contributed by atoms with Crippen LogP contribution in [0.4, 0.5) is 5.69 Å². The van der Waals surface area contributed by atoms with Crippen molar-refractivity contribution in [3.8, 4) is 0 Å². The first-order chi connectivity index (χ1) is 16.1. The fraction of sp³-hybridized carbons (Fsp3) is 0.480. The summed E-state index contributed by atoms with van der Waals surface area (Å²) in [6, 6.07) is 9.95. The van der Waals surface area contributed by atoms with Crippen molar-refractivity contribution in [3.05, 3.63) is 53.9 Å². The number of benzene rings is 1. The topological polar surface area (TPSA) is 88.7 Å². The number of carbonyl (C=O) groups excluding carboxylic acids is 3. The zero-order chi connectivity index (χ0) is 22.6. The van der Waals surface area contributed by atoms with Crippen LogP contribution >= 0.6 is 0 Å². The van der Waals surface area contributed by atoms with Gasteiger partial charge in [-0.3, -0.25) is 19.3 Å². The van der Waals surface area contributed by atoms with Gasteiger partial charge >= 0.3 is 0 Å². The number of amides is 3. The maximum absolute atomic E-state index is 14.3. The van der Waals surface area contributed by atoms with E-state index in [0.29, 0.717) is 38.2 Å². The van der Waals surface area contributed by atoms with E-state index >= 15 is 0 Å². The first-order valence-corrected chi connectivity index (χ1v) is 12.0. The van der Waals surface area contributed by atoms with E-state index in [4.69, 9.17) is 0 Å². The van der Waals surface area contributed by atoms with E-state index in [0.717, 1.165) is 37.1 Å². The molecule has 4 aliphatic heterocycles. The van der Waals surface area contributed by atoms with Gasteiger partial charge in [-0.1, -0.05) is 18.2 Å². The van der Waals surface area contributed by atoms with Crippen LogP contribution in [0.2, 0.25) is 0 Å². The highest BCUT2D eigenvalue weighted by Crippen LogP contribution is 2.56. The molecule has 2 bridgehead atoms. The molecule has 172 valence electrons. The minimum absolute atomic E-state index is 0.0112. The second-order valence-electron chi connectivity index (χ2n) is 9.55. The molecule has 1 spiro atoms. The molecule has 8 nitrogen and oxygen atoms in total. The summed E-state index contributed by atoms with van der Waals surface area (Å²) in [5.74, 6) is -0.507. The van der Waals surface area contributed by atoms with Gasteiger partial charge in [-0.15, -0.1) is 0 Å². The predicted octanol–water partition coefficient (Wildman–Crippen LogP) is 1.70. The zero-order valence-corrected chi connectivity index (χ0v) is 18.6. The van der Waals surface area contributed by atoms with Gasteiger partial charge in [-0.25, -0.2) is 0 Å². The molecular weight excluding hydrogens is 418 g/mol. The molecule has 5 heterocycles. The van der Waals surface area contributed by atoms with Gasteiger partial charge in [0.05, 0.1) is 11.5 Å². The number of aromatic nitrogens is 1. The van der Waals surface area contributed by atoms with Gasteiger partial charge in [0.1, 0.15) is 5.54 Å². The van der Waals surface area contributed by atoms with Crippen molar-refractivity contribution in [2.45, 2.75) is 37.3 Å². The number of para-hydroxylation sites is 1. The Morgan fingerprint density at radius 3 is 2.76 bits per heavy atom. The lowest BCUT2D eigenvalue weighted by atomic mass is 9.78. The molecule has 4 aliphatic rings. The highest BCUT2D eigenvalue weighted by Gasteiger charge is 2.67. The van der Waals surface area contributed by atoms with Gasteiger partial charge in [0.2, 0.25) is 5.91 Å². The summed E-state index contributed by atoms with van der Waals surface area (Å²) < 4.78 is 0. The number of hydrogen-bond donors (Lipinski definition) is 2. The van der Waals surface area contributed by atoms with Gasteiger partial charge in [0.25, 0.3) is 11.8 Å². The number of rotatable bonds is 1. The lowest BCUT2D eigenvalue weighted by Gasteiger charge is -2.37. The van der Waals surface area contributed by atoms with E-state index in [1.54, 1.807) is 23.4 Å². The average Bonchev–Trinajstić information content (AvgIpc) is 3.59. The fourth-order valence-corrected chi connectivity index (χ4v) is 6.56. The van der Waals surface area contributed by atoms with Crippen molar-refractivity contribution < 1.29 is 14.4 Å². The second kappa shape index (κ2) is 7.73. The van der Waals surface area contributed by atoms with E-state index < -0.39 is 11.5 Å². The van der Waals surface area contributed by atoms with Crippen LogP contribution in [0.1, 0.15) is 41.6 Å². The normalized spacial score (nSPS) is 29.7. The third-order valence-corrected chi connectivity index (χ3v) is 7.97. The molecule has 1 aromatic carbocycles. The number of H-pyrrole nitrogens is 1. The highest BCUT2D eigenvalue weighted by atomic mass is 16.2. The Hall–Kier alpha value is -3.13. The van der Waals surface area contributed by atoms with Crippen LogP contribution in [0.3, 0.4) is 0 Å². The molecule has 33 heavy (non-hydrogen) atoms. The van der Waals surface area contributed by atoms with Crippen molar-refractivity contribution in [2.75, 3.05) is 37.6 Å². The van der Waals surface area contributed by atoms with Crippen LogP contribution < -0.4 is 10.2 Å². The van der Waals surface area contributed by atoms with Crippen LogP contribution in [0, 0.1) is 5.92 Å². The Bertz CT molecular complexity index is 1100. The van der Waals surface area contributed by atoms with Crippen LogP contribution in [-0.2, 0) is 15.1 Å². The molecular formula is C25H29N5O3. The zero-order valence-electron chi connectivity index (χ0n) is 18.6. The summed E-state index contributed by atoms with van der Waals surface area (Å²) in [5, 5.41) is 3.10. The smallest absolute Gasteiger partial charge is 0.255 e. The molecule has 6 rings (SSSR count). The monoisotopic (exact) mass is 447 g/mol. The molecule has 2 aromatic rings. The molecule has 3 amide bonds. The average molecular weight is 448 g/mol. The van der Waals surface area contributed by atoms with Gasteiger partial charge in [-0.05, 0) is 44.4 Å². The van der Waals surface area contributed by atoms with Crippen molar-refractivity contribution in [3.63, 3.8) is 0 Å². The Kier molecular flexibility index (Phi) is 4.79. The number of aromatic amines is 1. The molecule has 0 saturated carbocycles. The van der Waals surface area contributed by atoms with Crippen LogP contribution in [0.25, 0.3) is 0 Å². The number of anilines is 1. The lowest BCUT2D eigenvalue weighted by molar-refractivity contribution is -0.139. The molecule has 2 N–H and O–H groups in total. The van der Waals surface area contributed by atoms with Gasteiger partial charge in [0, 0.05) is 55.9 Å².